The average Bonchev–Trinajstić information content (AvgIpc) is 3.16. The van der Waals surface area contributed by atoms with Gasteiger partial charge in [-0.1, -0.05) is 6.42 Å². The lowest BCUT2D eigenvalue weighted by Gasteiger charge is -2.55. The van der Waals surface area contributed by atoms with Crippen LogP contribution in [0.2, 0.25) is 0 Å². The van der Waals surface area contributed by atoms with E-state index < -0.39 is 0 Å². The largest absolute Gasteiger partial charge is 0.468 e. The van der Waals surface area contributed by atoms with Gasteiger partial charge in [0.2, 0.25) is 5.91 Å². The smallest absolute Gasteiger partial charge is 0.226 e. The summed E-state index contributed by atoms with van der Waals surface area (Å²) in [6, 6.07) is 4.21. The van der Waals surface area contributed by atoms with E-state index in [9.17, 15) is 4.79 Å². The molecule has 4 saturated carbocycles. The van der Waals surface area contributed by atoms with Crippen molar-refractivity contribution in [2.75, 3.05) is 19.6 Å². The number of carbonyl (C=O) groups is 1. The summed E-state index contributed by atoms with van der Waals surface area (Å²) < 4.78 is 5.74. The van der Waals surface area contributed by atoms with Gasteiger partial charge in [0.15, 0.2) is 0 Å². The lowest BCUT2D eigenvalue weighted by molar-refractivity contribution is -0.146. The number of rotatable bonds is 5. The number of hydrogen-bond donors (Lipinski definition) is 1. The fraction of sp³-hybridized carbons (Fsp3) is 0.773. The Hall–Kier alpha value is -1.00. The van der Waals surface area contributed by atoms with Gasteiger partial charge in [-0.3, -0.25) is 9.69 Å². The summed E-state index contributed by atoms with van der Waals surface area (Å²) in [6.45, 7) is 2.91. The Bertz CT molecular complexity index is 603. The highest BCUT2D eigenvalue weighted by Gasteiger charge is 2.54. The van der Waals surface area contributed by atoms with E-state index in [-0.39, 0.29) is 23.9 Å². The van der Waals surface area contributed by atoms with Gasteiger partial charge >= 0.3 is 0 Å². The van der Waals surface area contributed by atoms with Crippen LogP contribution in [0.4, 0.5) is 0 Å². The summed E-state index contributed by atoms with van der Waals surface area (Å²) in [5.41, 5.74) is -0.0512. The first kappa shape index (κ1) is 19.3. The van der Waals surface area contributed by atoms with Crippen molar-refractivity contribution in [3.8, 4) is 0 Å². The molecule has 4 bridgehead atoms. The minimum absolute atomic E-state index is 0. The summed E-state index contributed by atoms with van der Waals surface area (Å²) in [5.74, 6) is 3.78. The van der Waals surface area contributed by atoms with E-state index in [4.69, 9.17) is 4.42 Å². The molecule has 1 amide bonds. The molecular formula is C22H33ClN2O2. The normalized spacial score (nSPS) is 36.2. The van der Waals surface area contributed by atoms with Gasteiger partial charge in [0.25, 0.3) is 0 Å². The topological polar surface area (TPSA) is 45.5 Å². The number of furan rings is 1. The molecule has 1 unspecified atom stereocenters. The van der Waals surface area contributed by atoms with Crippen LogP contribution in [0.5, 0.6) is 0 Å². The molecule has 27 heavy (non-hydrogen) atoms. The summed E-state index contributed by atoms with van der Waals surface area (Å²) in [4.78, 5) is 15.8. The van der Waals surface area contributed by atoms with E-state index in [0.29, 0.717) is 12.5 Å². The molecule has 1 N–H and O–H groups in total. The van der Waals surface area contributed by atoms with Crippen molar-refractivity contribution in [3.05, 3.63) is 24.2 Å². The van der Waals surface area contributed by atoms with Crippen LogP contribution in [0.25, 0.3) is 0 Å². The molecule has 5 fully saturated rings. The minimum atomic E-state index is -0.0512. The fourth-order valence-corrected chi connectivity index (χ4v) is 6.89. The molecule has 6 rings (SSSR count). The zero-order chi connectivity index (χ0) is 17.6. The number of carbonyl (C=O) groups excluding carboxylic acids is 1. The van der Waals surface area contributed by atoms with Crippen LogP contribution < -0.4 is 5.32 Å². The molecule has 0 aromatic carbocycles. The summed E-state index contributed by atoms with van der Waals surface area (Å²) in [6.07, 6.45) is 13.1. The molecule has 5 heteroatoms. The highest BCUT2D eigenvalue weighted by Crippen LogP contribution is 2.60. The maximum atomic E-state index is 13.3. The molecule has 1 aromatic heterocycles. The summed E-state index contributed by atoms with van der Waals surface area (Å²) in [7, 11) is 0. The van der Waals surface area contributed by atoms with Gasteiger partial charge in [-0.05, 0) is 94.3 Å². The van der Waals surface area contributed by atoms with Crippen molar-refractivity contribution < 1.29 is 9.21 Å². The van der Waals surface area contributed by atoms with E-state index >= 15 is 0 Å². The zero-order valence-electron chi connectivity index (χ0n) is 16.2. The average molecular weight is 393 g/mol. The van der Waals surface area contributed by atoms with Crippen molar-refractivity contribution in [3.63, 3.8) is 0 Å². The van der Waals surface area contributed by atoms with Crippen LogP contribution in [0.15, 0.2) is 22.8 Å². The molecule has 0 spiro atoms. The van der Waals surface area contributed by atoms with Crippen LogP contribution in [0, 0.1) is 23.2 Å². The summed E-state index contributed by atoms with van der Waals surface area (Å²) in [5, 5.41) is 3.38. The standard InChI is InChI=1S/C22H32N2O2.ClH/c25-21(22-12-16-9-17(13-22)11-18(10-16)14-22)23-15-19(20-5-4-8-26-20)24-6-2-1-3-7-24;/h4-5,8,16-19H,1-3,6-7,9-15H2,(H,23,25);1H. The Morgan fingerprint density at radius 3 is 2.30 bits per heavy atom. The van der Waals surface area contributed by atoms with Gasteiger partial charge in [-0.15, -0.1) is 12.4 Å². The van der Waals surface area contributed by atoms with Gasteiger partial charge < -0.3 is 9.73 Å². The van der Waals surface area contributed by atoms with Crippen molar-refractivity contribution in [1.29, 1.82) is 0 Å². The SMILES string of the molecule is Cl.O=C(NCC(c1ccco1)N1CCCCC1)C12CC3CC(CC(C3)C1)C2. The molecule has 1 aromatic rings. The lowest BCUT2D eigenvalue weighted by Crippen LogP contribution is -2.54. The van der Waals surface area contributed by atoms with E-state index in [2.05, 4.69) is 16.3 Å². The second kappa shape index (κ2) is 7.79. The molecular weight excluding hydrogens is 360 g/mol. The van der Waals surface area contributed by atoms with Crippen LogP contribution in [0.1, 0.15) is 69.6 Å². The van der Waals surface area contributed by atoms with Crippen molar-refractivity contribution in [2.45, 2.75) is 63.8 Å². The minimum Gasteiger partial charge on any atom is -0.468 e. The molecule has 1 aliphatic heterocycles. The van der Waals surface area contributed by atoms with E-state index in [0.717, 1.165) is 55.9 Å². The predicted molar refractivity (Wildman–Crippen MR) is 108 cm³/mol. The van der Waals surface area contributed by atoms with Crippen molar-refractivity contribution >= 4 is 18.3 Å². The monoisotopic (exact) mass is 392 g/mol. The Labute approximate surface area is 168 Å². The Balaban J connectivity index is 0.00000180. The number of halogens is 1. The highest BCUT2D eigenvalue weighted by atomic mass is 35.5. The lowest BCUT2D eigenvalue weighted by atomic mass is 9.49. The summed E-state index contributed by atoms with van der Waals surface area (Å²) >= 11 is 0. The van der Waals surface area contributed by atoms with Gasteiger partial charge in [-0.25, -0.2) is 0 Å². The zero-order valence-corrected chi connectivity index (χ0v) is 17.0. The predicted octanol–water partition coefficient (Wildman–Crippen LogP) is 4.56. The number of piperidine rings is 1. The highest BCUT2D eigenvalue weighted by molar-refractivity contribution is 5.85. The van der Waals surface area contributed by atoms with E-state index in [1.807, 2.05) is 6.07 Å². The molecule has 1 atom stereocenters. The number of likely N-dealkylation sites (tertiary alicyclic amines) is 1. The van der Waals surface area contributed by atoms with E-state index in [1.54, 1.807) is 6.26 Å². The third-order valence-electron chi connectivity index (χ3n) is 7.68. The molecule has 5 aliphatic rings. The van der Waals surface area contributed by atoms with Gasteiger partial charge in [-0.2, -0.15) is 0 Å². The molecule has 4 aliphatic carbocycles. The van der Waals surface area contributed by atoms with E-state index in [1.165, 1.54) is 38.5 Å². The molecule has 0 radical (unpaired) electrons. The third kappa shape index (κ3) is 3.67. The quantitative estimate of drug-likeness (QED) is 0.798. The van der Waals surface area contributed by atoms with Crippen LogP contribution >= 0.6 is 12.4 Å². The first-order valence-corrected chi connectivity index (χ1v) is 10.8. The van der Waals surface area contributed by atoms with Crippen LogP contribution in [-0.4, -0.2) is 30.4 Å². The van der Waals surface area contributed by atoms with Gasteiger partial charge in [0.1, 0.15) is 5.76 Å². The molecule has 150 valence electrons. The molecule has 4 nitrogen and oxygen atoms in total. The molecule has 1 saturated heterocycles. The number of hydrogen-bond acceptors (Lipinski definition) is 3. The number of nitrogens with zero attached hydrogens (tertiary/aromatic N) is 1. The Morgan fingerprint density at radius 1 is 1.11 bits per heavy atom. The maximum Gasteiger partial charge on any atom is 0.226 e. The van der Waals surface area contributed by atoms with Crippen molar-refractivity contribution in [2.24, 2.45) is 23.2 Å². The second-order valence-corrected chi connectivity index (χ2v) is 9.54. The first-order chi connectivity index (χ1) is 12.7. The van der Waals surface area contributed by atoms with Crippen LogP contribution in [-0.2, 0) is 4.79 Å². The maximum absolute atomic E-state index is 13.3. The molecule has 2 heterocycles. The van der Waals surface area contributed by atoms with Crippen LogP contribution in [0.3, 0.4) is 0 Å². The Kier molecular flexibility index (Phi) is 5.57. The third-order valence-corrected chi connectivity index (χ3v) is 7.68. The second-order valence-electron chi connectivity index (χ2n) is 9.54. The van der Waals surface area contributed by atoms with Gasteiger partial charge in [0, 0.05) is 12.0 Å². The first-order valence-electron chi connectivity index (χ1n) is 10.8. The van der Waals surface area contributed by atoms with Crippen molar-refractivity contribution in [1.82, 2.24) is 10.2 Å². The number of amides is 1. The number of nitrogens with one attached hydrogen (secondary N) is 1. The fourth-order valence-electron chi connectivity index (χ4n) is 6.89. The Morgan fingerprint density at radius 2 is 1.74 bits per heavy atom. The van der Waals surface area contributed by atoms with Gasteiger partial charge in [0.05, 0.1) is 12.3 Å².